The van der Waals surface area contributed by atoms with Crippen LogP contribution in [0.2, 0.25) is 5.02 Å². The van der Waals surface area contributed by atoms with Gasteiger partial charge in [-0.3, -0.25) is 14.2 Å². The number of phenols is 1. The molecule has 1 aromatic carbocycles. The summed E-state index contributed by atoms with van der Waals surface area (Å²) in [5.41, 5.74) is -3.59. The molecule has 0 aliphatic rings. The smallest absolute Gasteiger partial charge is 0.447 e. The first-order valence-electron chi connectivity index (χ1n) is 7.62. The SMILES string of the molecule is Cc1c(CC(=O)O)c2cc(O)c(Cl)cc2n1C(=O)c1ccc(SC(F)(F)F)s1. The fourth-order valence-electron chi connectivity index (χ4n) is 2.84. The first-order valence-corrected chi connectivity index (χ1v) is 9.63. The summed E-state index contributed by atoms with van der Waals surface area (Å²) < 4.78 is 38.7. The van der Waals surface area contributed by atoms with Crippen molar-refractivity contribution in [2.24, 2.45) is 0 Å². The largest absolute Gasteiger partial charge is 0.506 e. The number of phenolic OH excluding ortho intramolecular Hbond substituents is 1. The number of aromatic nitrogens is 1. The second-order valence-electron chi connectivity index (χ2n) is 5.76. The van der Waals surface area contributed by atoms with E-state index in [1.807, 2.05) is 0 Å². The van der Waals surface area contributed by atoms with Crippen LogP contribution in [0.5, 0.6) is 5.75 Å². The predicted octanol–water partition coefficient (Wildman–Crippen LogP) is 5.30. The third-order valence-corrected chi connectivity index (χ3v) is 6.18. The quantitative estimate of drug-likeness (QED) is 0.528. The predicted molar refractivity (Wildman–Crippen MR) is 101 cm³/mol. The molecule has 148 valence electrons. The maximum absolute atomic E-state index is 13.0. The van der Waals surface area contributed by atoms with Gasteiger partial charge in [0.05, 0.1) is 26.0 Å². The van der Waals surface area contributed by atoms with Gasteiger partial charge in [0.25, 0.3) is 5.91 Å². The lowest BCUT2D eigenvalue weighted by Gasteiger charge is -2.06. The van der Waals surface area contributed by atoms with E-state index in [9.17, 15) is 27.9 Å². The lowest BCUT2D eigenvalue weighted by Crippen LogP contribution is -2.12. The van der Waals surface area contributed by atoms with Crippen LogP contribution < -0.4 is 0 Å². The Balaban J connectivity index is 2.14. The summed E-state index contributed by atoms with van der Waals surface area (Å²) in [6.45, 7) is 1.53. The second kappa shape index (κ2) is 7.34. The summed E-state index contributed by atoms with van der Waals surface area (Å²) in [5.74, 6) is -2.02. The van der Waals surface area contributed by atoms with Gasteiger partial charge in [-0.1, -0.05) is 11.6 Å². The molecule has 5 nitrogen and oxygen atoms in total. The Bertz CT molecular complexity index is 1100. The summed E-state index contributed by atoms with van der Waals surface area (Å²) in [6, 6.07) is 5.08. The van der Waals surface area contributed by atoms with Crippen LogP contribution in [0.15, 0.2) is 28.5 Å². The molecule has 0 aliphatic carbocycles. The fourth-order valence-corrected chi connectivity index (χ4v) is 4.75. The minimum absolute atomic E-state index is 0.0413. The number of carboxylic acid groups (broad SMARTS) is 1. The van der Waals surface area contributed by atoms with E-state index in [1.54, 1.807) is 0 Å². The lowest BCUT2D eigenvalue weighted by atomic mass is 10.1. The molecule has 0 bridgehead atoms. The first kappa shape index (κ1) is 20.6. The normalized spacial score (nSPS) is 11.9. The summed E-state index contributed by atoms with van der Waals surface area (Å²) >= 11 is 6.31. The Labute approximate surface area is 169 Å². The third-order valence-electron chi connectivity index (χ3n) is 3.94. The van der Waals surface area contributed by atoms with Crippen LogP contribution in [0.4, 0.5) is 13.2 Å². The number of carboxylic acids is 1. The topological polar surface area (TPSA) is 79.5 Å². The van der Waals surface area contributed by atoms with Gasteiger partial charge in [0.2, 0.25) is 0 Å². The zero-order chi connectivity index (χ0) is 20.8. The maximum atomic E-state index is 13.0. The Hall–Kier alpha value is -2.17. The van der Waals surface area contributed by atoms with Gasteiger partial charge >= 0.3 is 11.5 Å². The van der Waals surface area contributed by atoms with Gasteiger partial charge in [-0.2, -0.15) is 13.2 Å². The minimum Gasteiger partial charge on any atom is -0.506 e. The number of halogens is 4. The average molecular weight is 450 g/mol. The molecular weight excluding hydrogens is 439 g/mol. The van der Waals surface area contributed by atoms with Crippen molar-refractivity contribution in [3.05, 3.63) is 45.4 Å². The van der Waals surface area contributed by atoms with Crippen molar-refractivity contribution >= 4 is 57.5 Å². The van der Waals surface area contributed by atoms with Gasteiger partial charge in [-0.15, -0.1) is 11.3 Å². The Morgan fingerprint density at radius 3 is 2.57 bits per heavy atom. The molecule has 0 atom stereocenters. The minimum atomic E-state index is -4.47. The second-order valence-corrected chi connectivity index (χ2v) is 8.62. The van der Waals surface area contributed by atoms with Crippen molar-refractivity contribution in [2.75, 3.05) is 0 Å². The third kappa shape index (κ3) is 3.98. The fraction of sp³-hybridized carbons (Fsp3) is 0.176. The highest BCUT2D eigenvalue weighted by Gasteiger charge is 2.31. The molecule has 0 spiro atoms. The monoisotopic (exact) mass is 449 g/mol. The van der Waals surface area contributed by atoms with E-state index in [4.69, 9.17) is 16.7 Å². The molecule has 3 rings (SSSR count). The van der Waals surface area contributed by atoms with Gasteiger partial charge < -0.3 is 10.2 Å². The van der Waals surface area contributed by atoms with E-state index in [0.29, 0.717) is 28.0 Å². The number of hydrogen-bond acceptors (Lipinski definition) is 5. The molecule has 0 fully saturated rings. The van der Waals surface area contributed by atoms with Crippen molar-refractivity contribution < 1.29 is 33.0 Å². The average Bonchev–Trinajstić information content (AvgIpc) is 3.10. The molecule has 0 aliphatic heterocycles. The van der Waals surface area contributed by atoms with Gasteiger partial charge in [-0.25, -0.2) is 0 Å². The van der Waals surface area contributed by atoms with E-state index in [-0.39, 0.29) is 37.1 Å². The lowest BCUT2D eigenvalue weighted by molar-refractivity contribution is -0.136. The molecule has 0 radical (unpaired) electrons. The van der Waals surface area contributed by atoms with Crippen molar-refractivity contribution in [3.63, 3.8) is 0 Å². The van der Waals surface area contributed by atoms with Crippen LogP contribution in [0, 0.1) is 6.92 Å². The molecule has 2 aromatic heterocycles. The summed E-state index contributed by atoms with van der Waals surface area (Å²) in [5, 5.41) is 19.3. The number of thioether (sulfide) groups is 1. The molecule has 0 unspecified atom stereocenters. The highest BCUT2D eigenvalue weighted by atomic mass is 35.5. The number of carbonyl (C=O) groups excluding carboxylic acids is 1. The zero-order valence-electron chi connectivity index (χ0n) is 14.0. The first-order chi connectivity index (χ1) is 13.0. The van der Waals surface area contributed by atoms with Crippen LogP contribution in [0.1, 0.15) is 20.9 Å². The molecule has 0 saturated carbocycles. The van der Waals surface area contributed by atoms with E-state index < -0.39 is 23.8 Å². The molecule has 0 amide bonds. The van der Waals surface area contributed by atoms with Crippen molar-refractivity contribution in [3.8, 4) is 5.75 Å². The van der Waals surface area contributed by atoms with E-state index in [1.165, 1.54) is 35.8 Å². The van der Waals surface area contributed by atoms with Gasteiger partial charge in [0.1, 0.15) is 5.75 Å². The molecule has 3 aromatic rings. The highest BCUT2D eigenvalue weighted by molar-refractivity contribution is 8.02. The molecular formula is C17H11ClF3NO4S2. The number of aromatic hydroxyl groups is 1. The summed E-state index contributed by atoms with van der Waals surface area (Å²) in [7, 11) is 0. The molecule has 11 heteroatoms. The number of fused-ring (bicyclic) bond motifs is 1. The Morgan fingerprint density at radius 2 is 1.96 bits per heavy atom. The molecule has 2 heterocycles. The summed E-state index contributed by atoms with van der Waals surface area (Å²) in [6.07, 6.45) is -0.400. The number of hydrogen-bond donors (Lipinski definition) is 2. The number of thiophene rings is 1. The van der Waals surface area contributed by atoms with E-state index >= 15 is 0 Å². The Morgan fingerprint density at radius 1 is 1.29 bits per heavy atom. The van der Waals surface area contributed by atoms with Gasteiger partial charge in [-0.05, 0) is 48.5 Å². The summed E-state index contributed by atoms with van der Waals surface area (Å²) in [4.78, 5) is 24.3. The Kier molecular flexibility index (Phi) is 5.39. The highest BCUT2D eigenvalue weighted by Crippen LogP contribution is 2.41. The number of benzene rings is 1. The van der Waals surface area contributed by atoms with Gasteiger partial charge in [0, 0.05) is 11.1 Å². The zero-order valence-corrected chi connectivity index (χ0v) is 16.4. The van der Waals surface area contributed by atoms with Crippen LogP contribution >= 0.6 is 34.7 Å². The standard InChI is InChI=1S/C17H11ClF3NO4S2/c1-7-8(5-14(24)25)9-4-12(23)10(18)6-11(9)22(7)16(26)13-2-3-15(27-13)28-17(19,20)21/h2-4,6,23H,5H2,1H3,(H,24,25). The number of aliphatic carboxylic acids is 1. The van der Waals surface area contributed by atoms with Crippen LogP contribution in [-0.4, -0.2) is 32.2 Å². The number of carbonyl (C=O) groups is 2. The number of alkyl halides is 3. The van der Waals surface area contributed by atoms with Crippen LogP contribution in [0.3, 0.4) is 0 Å². The van der Waals surface area contributed by atoms with Crippen LogP contribution in [-0.2, 0) is 11.2 Å². The number of nitrogens with zero attached hydrogens (tertiary/aromatic N) is 1. The van der Waals surface area contributed by atoms with Crippen molar-refractivity contribution in [2.45, 2.75) is 23.1 Å². The van der Waals surface area contributed by atoms with Crippen molar-refractivity contribution in [1.82, 2.24) is 4.57 Å². The molecule has 2 N–H and O–H groups in total. The number of rotatable bonds is 4. The maximum Gasteiger partial charge on any atom is 0.447 e. The van der Waals surface area contributed by atoms with E-state index in [2.05, 4.69) is 0 Å². The van der Waals surface area contributed by atoms with E-state index in [0.717, 1.165) is 0 Å². The van der Waals surface area contributed by atoms with Crippen molar-refractivity contribution in [1.29, 1.82) is 0 Å². The molecule has 0 saturated heterocycles. The van der Waals surface area contributed by atoms with Crippen LogP contribution in [0.25, 0.3) is 10.9 Å². The van der Waals surface area contributed by atoms with Gasteiger partial charge in [0.15, 0.2) is 0 Å². The molecule has 28 heavy (non-hydrogen) atoms.